The first-order chi connectivity index (χ1) is 11.3. The average Bonchev–Trinajstić information content (AvgIpc) is 2.59. The van der Waals surface area contributed by atoms with Gasteiger partial charge in [-0.05, 0) is 43.6 Å². The summed E-state index contributed by atoms with van der Waals surface area (Å²) in [7, 11) is 0. The summed E-state index contributed by atoms with van der Waals surface area (Å²) in [5.74, 6) is 0.108. The van der Waals surface area contributed by atoms with E-state index < -0.39 is 0 Å². The molecule has 120 valence electrons. The van der Waals surface area contributed by atoms with Gasteiger partial charge in [-0.2, -0.15) is 0 Å². The van der Waals surface area contributed by atoms with Crippen molar-refractivity contribution in [2.75, 3.05) is 18.0 Å². The second kappa shape index (κ2) is 7.62. The molecule has 0 radical (unpaired) electrons. The van der Waals surface area contributed by atoms with Crippen molar-refractivity contribution in [3.8, 4) is 0 Å². The second-order valence-electron chi connectivity index (χ2n) is 5.86. The van der Waals surface area contributed by atoms with E-state index in [0.29, 0.717) is 11.4 Å². The third-order valence-electron chi connectivity index (χ3n) is 4.25. The van der Waals surface area contributed by atoms with Crippen molar-refractivity contribution in [3.63, 3.8) is 0 Å². The lowest BCUT2D eigenvalue weighted by Crippen LogP contribution is -2.47. The number of rotatable bonds is 4. The maximum Gasteiger partial charge on any atom is 0.231 e. The molecule has 2 aromatic carbocycles. The lowest BCUT2D eigenvalue weighted by molar-refractivity contribution is -0.118. The van der Waals surface area contributed by atoms with E-state index in [1.54, 1.807) is 0 Å². The molecule has 1 N–H and O–H groups in total. The van der Waals surface area contributed by atoms with Crippen LogP contribution in [-0.4, -0.2) is 25.0 Å². The zero-order valence-corrected chi connectivity index (χ0v) is 13.8. The van der Waals surface area contributed by atoms with Gasteiger partial charge in [0.25, 0.3) is 0 Å². The van der Waals surface area contributed by atoms with Gasteiger partial charge in [0.1, 0.15) is 0 Å². The minimum atomic E-state index is 0.108. The second-order valence-corrected chi connectivity index (χ2v) is 6.27. The normalized spacial score (nSPS) is 15.3. The van der Waals surface area contributed by atoms with E-state index in [2.05, 4.69) is 5.32 Å². The summed E-state index contributed by atoms with van der Waals surface area (Å²) in [6, 6.07) is 17.7. The topological polar surface area (TPSA) is 32.3 Å². The van der Waals surface area contributed by atoms with Crippen LogP contribution in [-0.2, 0) is 11.2 Å². The molecule has 3 rings (SSSR count). The Bertz CT molecular complexity index is 653. The van der Waals surface area contributed by atoms with Gasteiger partial charge in [-0.25, -0.2) is 0 Å². The number of carbonyl (C=O) groups is 1. The number of anilines is 1. The van der Waals surface area contributed by atoms with Crippen LogP contribution in [0.4, 0.5) is 5.69 Å². The average molecular weight is 329 g/mol. The molecule has 1 saturated heterocycles. The van der Waals surface area contributed by atoms with Crippen LogP contribution in [0.25, 0.3) is 0 Å². The molecular formula is C19H21ClN2O. The Hall–Kier alpha value is -1.84. The number of amides is 1. The van der Waals surface area contributed by atoms with Gasteiger partial charge in [-0.3, -0.25) is 4.79 Å². The Morgan fingerprint density at radius 2 is 1.70 bits per heavy atom. The summed E-state index contributed by atoms with van der Waals surface area (Å²) in [6.07, 6.45) is 2.30. The molecule has 3 nitrogen and oxygen atoms in total. The van der Waals surface area contributed by atoms with Crippen molar-refractivity contribution in [2.45, 2.75) is 25.3 Å². The highest BCUT2D eigenvalue weighted by molar-refractivity contribution is 6.33. The molecular weight excluding hydrogens is 308 g/mol. The lowest BCUT2D eigenvalue weighted by Gasteiger charge is -2.35. The first kappa shape index (κ1) is 16.0. The fourth-order valence-electron chi connectivity index (χ4n) is 3.10. The molecule has 0 unspecified atom stereocenters. The molecule has 1 aliphatic rings. The van der Waals surface area contributed by atoms with Crippen LogP contribution in [0.15, 0.2) is 54.6 Å². The number of hydrogen-bond acceptors (Lipinski definition) is 2. The van der Waals surface area contributed by atoms with Crippen molar-refractivity contribution >= 4 is 23.2 Å². The van der Waals surface area contributed by atoms with Crippen molar-refractivity contribution in [1.82, 2.24) is 5.32 Å². The largest absolute Gasteiger partial charge is 0.317 e. The molecule has 0 atom stereocenters. The minimum absolute atomic E-state index is 0.108. The van der Waals surface area contributed by atoms with E-state index >= 15 is 0 Å². The molecule has 1 heterocycles. The molecule has 0 bridgehead atoms. The molecule has 1 fully saturated rings. The standard InChI is InChI=1S/C19H21ClN2O/c20-17-8-4-5-9-18(17)22(16-10-12-21-13-11-16)19(23)14-15-6-2-1-3-7-15/h1-9,16,21H,10-14H2. The first-order valence-electron chi connectivity index (χ1n) is 8.07. The van der Waals surface area contributed by atoms with Crippen LogP contribution in [0.2, 0.25) is 5.02 Å². The van der Waals surface area contributed by atoms with Gasteiger partial charge in [-0.15, -0.1) is 0 Å². The molecule has 1 aliphatic heterocycles. The number of nitrogens with one attached hydrogen (secondary N) is 1. The number of hydrogen-bond donors (Lipinski definition) is 1. The van der Waals surface area contributed by atoms with Crippen LogP contribution in [0.5, 0.6) is 0 Å². The van der Waals surface area contributed by atoms with E-state index in [9.17, 15) is 4.79 Å². The molecule has 0 aromatic heterocycles. The third-order valence-corrected chi connectivity index (χ3v) is 4.57. The summed E-state index contributed by atoms with van der Waals surface area (Å²) in [6.45, 7) is 1.87. The predicted molar refractivity (Wildman–Crippen MR) is 95.0 cm³/mol. The summed E-state index contributed by atoms with van der Waals surface area (Å²) < 4.78 is 0. The highest BCUT2D eigenvalue weighted by Gasteiger charge is 2.28. The Morgan fingerprint density at radius 1 is 1.04 bits per heavy atom. The minimum Gasteiger partial charge on any atom is -0.317 e. The maximum atomic E-state index is 13.0. The predicted octanol–water partition coefficient (Wildman–Crippen LogP) is 3.67. The van der Waals surface area contributed by atoms with Gasteiger partial charge < -0.3 is 10.2 Å². The molecule has 0 aliphatic carbocycles. The number of halogens is 1. The lowest BCUT2D eigenvalue weighted by atomic mass is 10.0. The van der Waals surface area contributed by atoms with Crippen molar-refractivity contribution < 1.29 is 4.79 Å². The summed E-state index contributed by atoms with van der Waals surface area (Å²) in [5, 5.41) is 3.99. The van der Waals surface area contributed by atoms with Gasteiger partial charge in [0.2, 0.25) is 5.91 Å². The van der Waals surface area contributed by atoms with Crippen LogP contribution in [0.1, 0.15) is 18.4 Å². The first-order valence-corrected chi connectivity index (χ1v) is 8.45. The Balaban J connectivity index is 1.88. The fraction of sp³-hybridized carbons (Fsp3) is 0.316. The third kappa shape index (κ3) is 3.92. The van der Waals surface area contributed by atoms with Gasteiger partial charge in [0.05, 0.1) is 17.1 Å². The van der Waals surface area contributed by atoms with Crippen LogP contribution >= 0.6 is 11.6 Å². The fourth-order valence-corrected chi connectivity index (χ4v) is 3.33. The molecule has 4 heteroatoms. The highest BCUT2D eigenvalue weighted by Crippen LogP contribution is 2.30. The van der Waals surface area contributed by atoms with E-state index in [-0.39, 0.29) is 11.9 Å². The van der Waals surface area contributed by atoms with E-state index in [1.165, 1.54) is 0 Å². The van der Waals surface area contributed by atoms with E-state index in [4.69, 9.17) is 11.6 Å². The Labute approximate surface area is 142 Å². The zero-order chi connectivity index (χ0) is 16.1. The molecule has 23 heavy (non-hydrogen) atoms. The highest BCUT2D eigenvalue weighted by atomic mass is 35.5. The Morgan fingerprint density at radius 3 is 2.39 bits per heavy atom. The smallest absolute Gasteiger partial charge is 0.231 e. The summed E-state index contributed by atoms with van der Waals surface area (Å²) in [4.78, 5) is 14.9. The summed E-state index contributed by atoms with van der Waals surface area (Å²) in [5.41, 5.74) is 1.85. The zero-order valence-electron chi connectivity index (χ0n) is 13.0. The van der Waals surface area contributed by atoms with Crippen molar-refractivity contribution in [2.24, 2.45) is 0 Å². The number of nitrogens with zero attached hydrogens (tertiary/aromatic N) is 1. The van der Waals surface area contributed by atoms with Gasteiger partial charge in [-0.1, -0.05) is 54.1 Å². The van der Waals surface area contributed by atoms with E-state index in [0.717, 1.165) is 37.2 Å². The van der Waals surface area contributed by atoms with Gasteiger partial charge >= 0.3 is 0 Å². The number of para-hydroxylation sites is 1. The van der Waals surface area contributed by atoms with Crippen LogP contribution in [0, 0.1) is 0 Å². The van der Waals surface area contributed by atoms with Crippen molar-refractivity contribution in [3.05, 3.63) is 65.2 Å². The van der Waals surface area contributed by atoms with Gasteiger partial charge in [0, 0.05) is 6.04 Å². The SMILES string of the molecule is O=C(Cc1ccccc1)N(c1ccccc1Cl)C1CCNCC1. The molecule has 2 aromatic rings. The van der Waals surface area contributed by atoms with Gasteiger partial charge in [0.15, 0.2) is 0 Å². The van der Waals surface area contributed by atoms with Crippen LogP contribution < -0.4 is 10.2 Å². The molecule has 0 spiro atoms. The number of piperidine rings is 1. The monoisotopic (exact) mass is 328 g/mol. The quantitative estimate of drug-likeness (QED) is 0.928. The number of benzene rings is 2. The molecule has 0 saturated carbocycles. The van der Waals surface area contributed by atoms with Crippen molar-refractivity contribution in [1.29, 1.82) is 0 Å². The number of carbonyl (C=O) groups excluding carboxylic acids is 1. The van der Waals surface area contributed by atoms with Crippen LogP contribution in [0.3, 0.4) is 0 Å². The van der Waals surface area contributed by atoms with E-state index in [1.807, 2.05) is 59.5 Å². The summed E-state index contributed by atoms with van der Waals surface area (Å²) >= 11 is 6.38. The Kier molecular flexibility index (Phi) is 5.31. The molecule has 1 amide bonds. The maximum absolute atomic E-state index is 13.0.